The monoisotopic (exact) mass is 195 g/mol. The lowest BCUT2D eigenvalue weighted by atomic mass is 10.1. The van der Waals surface area contributed by atoms with Crippen LogP contribution in [0.25, 0.3) is 0 Å². The maximum atomic E-state index is 12.1. The van der Waals surface area contributed by atoms with Crippen LogP contribution in [0, 0.1) is 5.92 Å². The molecule has 0 aromatic rings. The van der Waals surface area contributed by atoms with Crippen LogP contribution in [0.15, 0.2) is 0 Å². The second-order valence-corrected chi connectivity index (χ2v) is 4.87. The van der Waals surface area contributed by atoms with Crippen molar-refractivity contribution in [2.45, 2.75) is 57.4 Å². The minimum absolute atomic E-state index is 0.362. The molecule has 2 nitrogen and oxygen atoms in total. The average Bonchev–Trinajstić information content (AvgIpc) is 2.87. The first kappa shape index (κ1) is 10.0. The molecule has 2 rings (SSSR count). The Labute approximate surface area is 86.7 Å². The van der Waals surface area contributed by atoms with Gasteiger partial charge in [0.15, 0.2) is 0 Å². The lowest BCUT2D eigenvalue weighted by Gasteiger charge is -2.27. The molecule has 0 bridgehead atoms. The van der Waals surface area contributed by atoms with Crippen LogP contribution >= 0.6 is 0 Å². The van der Waals surface area contributed by atoms with Gasteiger partial charge in [0.05, 0.1) is 0 Å². The molecule has 0 spiro atoms. The average molecular weight is 195 g/mol. The van der Waals surface area contributed by atoms with Crippen molar-refractivity contribution in [2.75, 3.05) is 7.05 Å². The maximum Gasteiger partial charge on any atom is 0.225 e. The summed E-state index contributed by atoms with van der Waals surface area (Å²) in [7, 11) is 2.01. The van der Waals surface area contributed by atoms with E-state index in [1.54, 1.807) is 0 Å². The highest BCUT2D eigenvalue weighted by atomic mass is 16.2. The van der Waals surface area contributed by atoms with Crippen molar-refractivity contribution in [3.8, 4) is 0 Å². The molecule has 0 aliphatic heterocycles. The van der Waals surface area contributed by atoms with E-state index < -0.39 is 0 Å². The highest BCUT2D eigenvalue weighted by molar-refractivity contribution is 5.79. The molecule has 0 aromatic heterocycles. The summed E-state index contributed by atoms with van der Waals surface area (Å²) in [6.07, 6.45) is 9.87. The predicted octanol–water partition coefficient (Wildman–Crippen LogP) is 2.58. The summed E-state index contributed by atoms with van der Waals surface area (Å²) in [4.78, 5) is 14.1. The number of hydrogen-bond donors (Lipinski definition) is 0. The summed E-state index contributed by atoms with van der Waals surface area (Å²) in [6, 6.07) is 0.558. The summed E-state index contributed by atoms with van der Waals surface area (Å²) in [5.74, 6) is 0.787. The molecule has 1 amide bonds. The zero-order chi connectivity index (χ0) is 9.97. The van der Waals surface area contributed by atoms with Gasteiger partial charge in [0, 0.05) is 19.0 Å². The Bertz CT molecular complexity index is 202. The summed E-state index contributed by atoms with van der Waals surface area (Å²) in [6.45, 7) is 0. The summed E-state index contributed by atoms with van der Waals surface area (Å²) in [5.41, 5.74) is 0. The van der Waals surface area contributed by atoms with E-state index in [4.69, 9.17) is 0 Å². The zero-order valence-corrected chi connectivity index (χ0v) is 9.17. The molecular weight excluding hydrogens is 174 g/mol. The molecule has 0 unspecified atom stereocenters. The van der Waals surface area contributed by atoms with Gasteiger partial charge in [0.25, 0.3) is 0 Å². The molecule has 0 atom stereocenters. The van der Waals surface area contributed by atoms with E-state index in [1.165, 1.54) is 38.5 Å². The van der Waals surface area contributed by atoms with Crippen molar-refractivity contribution < 1.29 is 4.79 Å². The Hall–Kier alpha value is -0.530. The summed E-state index contributed by atoms with van der Waals surface area (Å²) >= 11 is 0. The lowest BCUT2D eigenvalue weighted by Crippen LogP contribution is -2.38. The van der Waals surface area contributed by atoms with Crippen molar-refractivity contribution in [1.29, 1.82) is 0 Å². The van der Waals surface area contributed by atoms with Crippen LogP contribution in [0.1, 0.15) is 51.4 Å². The van der Waals surface area contributed by atoms with Gasteiger partial charge in [-0.1, -0.05) is 25.7 Å². The highest BCUT2D eigenvalue weighted by Gasteiger charge is 2.30. The predicted molar refractivity (Wildman–Crippen MR) is 57.0 cm³/mol. The van der Waals surface area contributed by atoms with Crippen LogP contribution in [0.2, 0.25) is 0 Å². The molecule has 0 N–H and O–H groups in total. The Balaban J connectivity index is 1.89. The van der Waals surface area contributed by atoms with Gasteiger partial charge in [-0.2, -0.15) is 0 Å². The first-order valence-electron chi connectivity index (χ1n) is 6.05. The molecule has 2 heteroatoms. The molecule has 2 aliphatic rings. The van der Waals surface area contributed by atoms with Gasteiger partial charge in [0.1, 0.15) is 0 Å². The number of rotatable bonds is 2. The van der Waals surface area contributed by atoms with Gasteiger partial charge in [-0.05, 0) is 25.7 Å². The molecule has 0 saturated heterocycles. The van der Waals surface area contributed by atoms with Crippen molar-refractivity contribution in [1.82, 2.24) is 4.90 Å². The van der Waals surface area contributed by atoms with Gasteiger partial charge in [-0.3, -0.25) is 4.79 Å². The highest BCUT2D eigenvalue weighted by Crippen LogP contribution is 2.29. The van der Waals surface area contributed by atoms with Crippen LogP contribution in [-0.4, -0.2) is 23.9 Å². The minimum Gasteiger partial charge on any atom is -0.343 e. The Morgan fingerprint density at radius 1 is 1.00 bits per heavy atom. The molecule has 0 aromatic carbocycles. The standard InChI is InChI=1S/C12H21NO/c1-13(11-8-4-5-9-11)12(14)10-6-2-3-7-10/h10-11H,2-9H2,1H3. The van der Waals surface area contributed by atoms with Gasteiger partial charge in [-0.15, -0.1) is 0 Å². The van der Waals surface area contributed by atoms with Crippen molar-refractivity contribution >= 4 is 5.91 Å². The van der Waals surface area contributed by atoms with Crippen molar-refractivity contribution in [2.24, 2.45) is 5.92 Å². The molecule has 14 heavy (non-hydrogen) atoms. The third kappa shape index (κ3) is 1.94. The normalized spacial score (nSPS) is 24.4. The molecule has 2 fully saturated rings. The SMILES string of the molecule is CN(C(=O)C1CCCC1)C1CCCC1. The Morgan fingerprint density at radius 3 is 2.07 bits per heavy atom. The minimum atomic E-state index is 0.362. The van der Waals surface area contributed by atoms with Gasteiger partial charge < -0.3 is 4.90 Å². The molecule has 2 aliphatic carbocycles. The molecule has 80 valence electrons. The number of hydrogen-bond acceptors (Lipinski definition) is 1. The van der Waals surface area contributed by atoms with Crippen LogP contribution < -0.4 is 0 Å². The van der Waals surface area contributed by atoms with Crippen LogP contribution in [0.5, 0.6) is 0 Å². The molecule has 0 radical (unpaired) electrons. The number of carbonyl (C=O) groups is 1. The van der Waals surface area contributed by atoms with Crippen LogP contribution in [-0.2, 0) is 4.79 Å². The first-order valence-corrected chi connectivity index (χ1v) is 6.05. The summed E-state index contributed by atoms with van der Waals surface area (Å²) < 4.78 is 0. The van der Waals surface area contributed by atoms with Crippen molar-refractivity contribution in [3.63, 3.8) is 0 Å². The van der Waals surface area contributed by atoms with Gasteiger partial charge in [-0.25, -0.2) is 0 Å². The quantitative estimate of drug-likeness (QED) is 0.663. The smallest absolute Gasteiger partial charge is 0.225 e. The van der Waals surface area contributed by atoms with Crippen LogP contribution in [0.4, 0.5) is 0 Å². The molecule has 2 saturated carbocycles. The number of carbonyl (C=O) groups excluding carboxylic acids is 1. The third-order valence-corrected chi connectivity index (χ3v) is 3.92. The topological polar surface area (TPSA) is 20.3 Å². The third-order valence-electron chi connectivity index (χ3n) is 3.92. The Kier molecular flexibility index (Phi) is 3.09. The van der Waals surface area contributed by atoms with Gasteiger partial charge >= 0.3 is 0 Å². The lowest BCUT2D eigenvalue weighted by molar-refractivity contribution is -0.136. The number of nitrogens with zero attached hydrogens (tertiary/aromatic N) is 1. The fourth-order valence-electron chi connectivity index (χ4n) is 2.93. The largest absolute Gasteiger partial charge is 0.343 e. The van der Waals surface area contributed by atoms with E-state index in [0.717, 1.165) is 12.8 Å². The van der Waals surface area contributed by atoms with E-state index in [1.807, 2.05) is 11.9 Å². The fourth-order valence-corrected chi connectivity index (χ4v) is 2.93. The maximum absolute atomic E-state index is 12.1. The summed E-state index contributed by atoms with van der Waals surface area (Å²) in [5, 5.41) is 0. The first-order chi connectivity index (χ1) is 6.79. The van der Waals surface area contributed by atoms with E-state index in [2.05, 4.69) is 0 Å². The second kappa shape index (κ2) is 4.33. The van der Waals surface area contributed by atoms with Gasteiger partial charge in [0.2, 0.25) is 5.91 Å². The number of amides is 1. The zero-order valence-electron chi connectivity index (χ0n) is 9.17. The van der Waals surface area contributed by atoms with E-state index in [0.29, 0.717) is 17.9 Å². The van der Waals surface area contributed by atoms with E-state index in [9.17, 15) is 4.79 Å². The fraction of sp³-hybridized carbons (Fsp3) is 0.917. The van der Waals surface area contributed by atoms with E-state index in [-0.39, 0.29) is 0 Å². The molecular formula is C12H21NO. The Morgan fingerprint density at radius 2 is 1.50 bits per heavy atom. The van der Waals surface area contributed by atoms with E-state index >= 15 is 0 Å². The molecule has 0 heterocycles. The second-order valence-electron chi connectivity index (χ2n) is 4.87. The van der Waals surface area contributed by atoms with Crippen LogP contribution in [0.3, 0.4) is 0 Å². The van der Waals surface area contributed by atoms with Crippen molar-refractivity contribution in [3.05, 3.63) is 0 Å².